The number of thioether (sulfide) groups is 1. The highest BCUT2D eigenvalue weighted by molar-refractivity contribution is 7.98. The molecule has 3 heterocycles. The Morgan fingerprint density at radius 2 is 1.71 bits per heavy atom. The molecule has 3 aromatic heterocycles. The third-order valence-electron chi connectivity index (χ3n) is 5.54. The van der Waals surface area contributed by atoms with Gasteiger partial charge >= 0.3 is 0 Å². The highest BCUT2D eigenvalue weighted by atomic mass is 32.2. The molecule has 0 spiro atoms. The molecule has 0 bridgehead atoms. The van der Waals surface area contributed by atoms with Gasteiger partial charge in [-0.05, 0) is 80.4 Å². The van der Waals surface area contributed by atoms with Crippen LogP contribution in [-0.4, -0.2) is 36.5 Å². The van der Waals surface area contributed by atoms with Crippen LogP contribution in [0.25, 0.3) is 28.5 Å². The Morgan fingerprint density at radius 3 is 2.46 bits per heavy atom. The minimum Gasteiger partial charge on any atom is -0.494 e. The maximum absolute atomic E-state index is 5.51. The van der Waals surface area contributed by atoms with Crippen LogP contribution in [0.1, 0.15) is 23.9 Å². The maximum Gasteiger partial charge on any atom is 0.237 e. The third-order valence-corrected chi connectivity index (χ3v) is 6.45. The van der Waals surface area contributed by atoms with Crippen molar-refractivity contribution in [2.24, 2.45) is 0 Å². The predicted molar refractivity (Wildman–Crippen MR) is 135 cm³/mol. The van der Waals surface area contributed by atoms with E-state index >= 15 is 0 Å². The van der Waals surface area contributed by atoms with Gasteiger partial charge in [-0.15, -0.1) is 10.2 Å². The topological polar surface area (TPSA) is 91.8 Å². The Hall–Kier alpha value is -3.98. The van der Waals surface area contributed by atoms with Crippen LogP contribution < -0.4 is 4.74 Å². The molecule has 0 N–H and O–H groups in total. The van der Waals surface area contributed by atoms with E-state index in [1.807, 2.05) is 43.3 Å². The molecule has 0 saturated heterocycles. The van der Waals surface area contributed by atoms with Crippen molar-refractivity contribution < 1.29 is 9.26 Å². The van der Waals surface area contributed by atoms with Gasteiger partial charge in [-0.3, -0.25) is 9.55 Å². The molecule has 176 valence electrons. The van der Waals surface area contributed by atoms with Gasteiger partial charge in [0.25, 0.3) is 0 Å². The summed E-state index contributed by atoms with van der Waals surface area (Å²) in [4.78, 5) is 8.68. The number of rotatable bonds is 8. The lowest BCUT2D eigenvalue weighted by Gasteiger charge is -2.11. The van der Waals surface area contributed by atoms with E-state index in [0.29, 0.717) is 24.1 Å². The van der Waals surface area contributed by atoms with Crippen LogP contribution >= 0.6 is 11.8 Å². The molecule has 0 amide bonds. The molecule has 0 unspecified atom stereocenters. The third kappa shape index (κ3) is 4.95. The van der Waals surface area contributed by atoms with E-state index in [4.69, 9.17) is 9.26 Å². The standard InChI is InChI=1S/C26H24N6O2S/c1-4-33-22-9-6-19(7-10-22)24-28-23(34-31-24)16-35-26-30-29-25(20-11-13-27-14-12-20)32(26)21-8-5-17(2)18(3)15-21/h5-15H,4,16H2,1-3H3. The summed E-state index contributed by atoms with van der Waals surface area (Å²) in [5, 5.41) is 13.8. The molecule has 0 fully saturated rings. The summed E-state index contributed by atoms with van der Waals surface area (Å²) in [6.45, 7) is 6.78. The van der Waals surface area contributed by atoms with E-state index in [-0.39, 0.29) is 0 Å². The number of nitrogens with zero attached hydrogens (tertiary/aromatic N) is 6. The number of pyridine rings is 1. The van der Waals surface area contributed by atoms with Gasteiger partial charge in [-0.1, -0.05) is 23.0 Å². The van der Waals surface area contributed by atoms with Crippen LogP contribution in [0.2, 0.25) is 0 Å². The number of aromatic nitrogens is 6. The average Bonchev–Trinajstić information content (AvgIpc) is 3.53. The van der Waals surface area contributed by atoms with Crippen LogP contribution in [0.15, 0.2) is 76.7 Å². The van der Waals surface area contributed by atoms with Gasteiger partial charge in [0.2, 0.25) is 11.7 Å². The van der Waals surface area contributed by atoms with Crippen LogP contribution in [0.4, 0.5) is 0 Å². The summed E-state index contributed by atoms with van der Waals surface area (Å²) < 4.78 is 13.1. The molecule has 0 atom stereocenters. The molecule has 0 radical (unpaired) electrons. The number of hydrogen-bond donors (Lipinski definition) is 0. The number of ether oxygens (including phenoxy) is 1. The van der Waals surface area contributed by atoms with Crippen LogP contribution in [0.3, 0.4) is 0 Å². The molecule has 8 nitrogen and oxygen atoms in total. The van der Waals surface area contributed by atoms with E-state index in [9.17, 15) is 0 Å². The van der Waals surface area contributed by atoms with Crippen molar-refractivity contribution in [2.45, 2.75) is 31.7 Å². The summed E-state index contributed by atoms with van der Waals surface area (Å²) >= 11 is 1.50. The Balaban J connectivity index is 1.41. The fourth-order valence-corrected chi connectivity index (χ4v) is 4.36. The second-order valence-corrected chi connectivity index (χ2v) is 8.85. The van der Waals surface area contributed by atoms with Gasteiger partial charge in [0, 0.05) is 23.5 Å². The first-order valence-electron chi connectivity index (χ1n) is 11.2. The zero-order valence-electron chi connectivity index (χ0n) is 19.7. The fraction of sp³-hybridized carbons (Fsp3) is 0.192. The summed E-state index contributed by atoms with van der Waals surface area (Å²) in [6.07, 6.45) is 3.50. The zero-order chi connectivity index (χ0) is 24.2. The molecule has 2 aromatic carbocycles. The molecule has 9 heteroatoms. The first-order valence-corrected chi connectivity index (χ1v) is 12.2. The Bertz CT molecular complexity index is 1430. The van der Waals surface area contributed by atoms with Crippen molar-refractivity contribution in [1.29, 1.82) is 0 Å². The Labute approximate surface area is 207 Å². The SMILES string of the molecule is CCOc1ccc(-c2noc(CSc3nnc(-c4ccncc4)n3-c3ccc(C)c(C)c3)n2)cc1. The van der Waals surface area contributed by atoms with Gasteiger partial charge in [0.15, 0.2) is 11.0 Å². The van der Waals surface area contributed by atoms with Crippen LogP contribution in [-0.2, 0) is 5.75 Å². The minimum absolute atomic E-state index is 0.462. The van der Waals surface area contributed by atoms with Crippen molar-refractivity contribution in [3.05, 3.63) is 84.0 Å². The number of benzene rings is 2. The second-order valence-electron chi connectivity index (χ2n) is 7.90. The van der Waals surface area contributed by atoms with Crippen LogP contribution in [0.5, 0.6) is 5.75 Å². The molecule has 5 aromatic rings. The van der Waals surface area contributed by atoms with E-state index < -0.39 is 0 Å². The van der Waals surface area contributed by atoms with Crippen LogP contribution in [0, 0.1) is 13.8 Å². The summed E-state index contributed by atoms with van der Waals surface area (Å²) in [6, 6.07) is 17.8. The zero-order valence-corrected chi connectivity index (χ0v) is 20.5. The maximum atomic E-state index is 5.51. The van der Waals surface area contributed by atoms with Gasteiger partial charge in [-0.2, -0.15) is 4.98 Å². The number of aryl methyl sites for hydroxylation is 2. The highest BCUT2D eigenvalue weighted by Gasteiger charge is 2.18. The smallest absolute Gasteiger partial charge is 0.237 e. The highest BCUT2D eigenvalue weighted by Crippen LogP contribution is 2.30. The van der Waals surface area contributed by atoms with Gasteiger partial charge in [-0.25, -0.2) is 0 Å². The molecule has 35 heavy (non-hydrogen) atoms. The van der Waals surface area contributed by atoms with E-state index in [0.717, 1.165) is 33.5 Å². The average molecular weight is 485 g/mol. The lowest BCUT2D eigenvalue weighted by atomic mass is 10.1. The fourth-order valence-electron chi connectivity index (χ4n) is 3.57. The van der Waals surface area contributed by atoms with Gasteiger partial charge in [0.1, 0.15) is 5.75 Å². The van der Waals surface area contributed by atoms with Crippen molar-refractivity contribution in [3.8, 4) is 34.2 Å². The van der Waals surface area contributed by atoms with E-state index in [2.05, 4.69) is 61.9 Å². The first kappa shape index (κ1) is 22.8. The van der Waals surface area contributed by atoms with E-state index in [1.54, 1.807) is 12.4 Å². The summed E-state index contributed by atoms with van der Waals surface area (Å²) in [5.41, 5.74) is 5.23. The normalized spacial score (nSPS) is 11.1. The molecule has 0 aliphatic carbocycles. The lowest BCUT2D eigenvalue weighted by Crippen LogP contribution is -2.01. The Morgan fingerprint density at radius 1 is 0.914 bits per heavy atom. The largest absolute Gasteiger partial charge is 0.494 e. The summed E-state index contributed by atoms with van der Waals surface area (Å²) in [5.74, 6) is 3.07. The van der Waals surface area contributed by atoms with Crippen molar-refractivity contribution in [3.63, 3.8) is 0 Å². The van der Waals surface area contributed by atoms with Crippen molar-refractivity contribution in [2.75, 3.05) is 6.61 Å². The monoisotopic (exact) mass is 484 g/mol. The molecular formula is C26H24N6O2S. The second kappa shape index (κ2) is 10.1. The predicted octanol–water partition coefficient (Wildman–Crippen LogP) is 5.69. The molecule has 5 rings (SSSR count). The first-order chi connectivity index (χ1) is 17.1. The Kier molecular flexibility index (Phi) is 6.58. The quantitative estimate of drug-likeness (QED) is 0.260. The summed E-state index contributed by atoms with van der Waals surface area (Å²) in [7, 11) is 0. The minimum atomic E-state index is 0.462. The van der Waals surface area contributed by atoms with Crippen molar-refractivity contribution >= 4 is 11.8 Å². The molecule has 0 saturated carbocycles. The number of hydrogen-bond acceptors (Lipinski definition) is 8. The molecule has 0 aliphatic rings. The lowest BCUT2D eigenvalue weighted by molar-refractivity contribution is 0.340. The molecule has 0 aliphatic heterocycles. The van der Waals surface area contributed by atoms with Gasteiger partial charge < -0.3 is 9.26 Å². The van der Waals surface area contributed by atoms with Gasteiger partial charge in [0.05, 0.1) is 18.0 Å². The van der Waals surface area contributed by atoms with E-state index in [1.165, 1.54) is 22.9 Å². The molecular weight excluding hydrogens is 460 g/mol. The van der Waals surface area contributed by atoms with Crippen molar-refractivity contribution in [1.82, 2.24) is 29.9 Å².